The Kier molecular flexibility index (Phi) is 6.41. The molecule has 35 heavy (non-hydrogen) atoms. The molecule has 0 unspecified atom stereocenters. The Balaban J connectivity index is 1.40. The zero-order valence-electron chi connectivity index (χ0n) is 18.3. The fourth-order valence-electron chi connectivity index (χ4n) is 3.49. The number of hydrogen-bond acceptors (Lipinski definition) is 5. The van der Waals surface area contributed by atoms with Crippen molar-refractivity contribution in [2.75, 3.05) is 11.9 Å². The summed E-state index contributed by atoms with van der Waals surface area (Å²) in [5, 5.41) is 5.03. The minimum Gasteiger partial charge on any atom is -0.457 e. The Morgan fingerprint density at radius 2 is 1.80 bits per heavy atom. The second-order valence-electron chi connectivity index (χ2n) is 7.61. The van der Waals surface area contributed by atoms with Crippen molar-refractivity contribution in [1.29, 1.82) is 0 Å². The molecule has 0 bridgehead atoms. The maximum Gasteiger partial charge on any atom is 0.416 e. The third-order valence-electron chi connectivity index (χ3n) is 5.24. The molecule has 8 nitrogen and oxygen atoms in total. The molecule has 1 aromatic heterocycles. The maximum atomic E-state index is 13.1. The fraction of sp³-hybridized carbons (Fsp3) is 0.167. The summed E-state index contributed by atoms with van der Waals surface area (Å²) in [6.07, 6.45) is -3.30. The molecular formula is C24H19F3N4O4. The number of benzene rings is 2. The fourth-order valence-corrected chi connectivity index (χ4v) is 3.49. The Labute approximate surface area is 197 Å². The summed E-state index contributed by atoms with van der Waals surface area (Å²) >= 11 is 0. The number of amides is 4. The van der Waals surface area contributed by atoms with Crippen molar-refractivity contribution < 1.29 is 32.3 Å². The number of rotatable bonds is 5. The number of carbonyl (C=O) groups excluding carboxylic acids is 3. The van der Waals surface area contributed by atoms with E-state index in [1.165, 1.54) is 25.4 Å². The molecule has 11 heteroatoms. The van der Waals surface area contributed by atoms with Gasteiger partial charge in [0.2, 0.25) is 5.91 Å². The lowest BCUT2D eigenvalue weighted by molar-refractivity contribution is -0.137. The normalized spacial score (nSPS) is 12.8. The molecule has 0 atom stereocenters. The van der Waals surface area contributed by atoms with Crippen molar-refractivity contribution in [3.63, 3.8) is 0 Å². The monoisotopic (exact) mass is 484 g/mol. The molecule has 0 radical (unpaired) electrons. The first-order valence-electron chi connectivity index (χ1n) is 10.4. The average Bonchev–Trinajstić information content (AvgIpc) is 3.17. The molecule has 1 aliphatic rings. The number of halogens is 3. The Hall–Kier alpha value is -4.41. The van der Waals surface area contributed by atoms with Crippen LogP contribution in [0.3, 0.4) is 0 Å². The van der Waals surface area contributed by atoms with Crippen molar-refractivity contribution in [1.82, 2.24) is 15.6 Å². The van der Waals surface area contributed by atoms with Crippen LogP contribution in [0, 0.1) is 0 Å². The van der Waals surface area contributed by atoms with E-state index in [1.807, 2.05) is 0 Å². The maximum absolute atomic E-state index is 13.1. The van der Waals surface area contributed by atoms with Crippen LogP contribution >= 0.6 is 0 Å². The molecule has 4 amide bonds. The lowest BCUT2D eigenvalue weighted by atomic mass is 10.1. The van der Waals surface area contributed by atoms with Gasteiger partial charge in [-0.25, -0.2) is 9.69 Å². The largest absolute Gasteiger partial charge is 0.457 e. The van der Waals surface area contributed by atoms with Gasteiger partial charge in [-0.1, -0.05) is 18.2 Å². The first-order chi connectivity index (χ1) is 16.7. The van der Waals surface area contributed by atoms with Gasteiger partial charge in [0.25, 0.3) is 5.91 Å². The highest BCUT2D eigenvalue weighted by molar-refractivity contribution is 6.18. The van der Waals surface area contributed by atoms with Gasteiger partial charge in [-0.15, -0.1) is 0 Å². The van der Waals surface area contributed by atoms with E-state index in [2.05, 4.69) is 15.6 Å². The third-order valence-corrected chi connectivity index (χ3v) is 5.24. The molecule has 1 aliphatic heterocycles. The number of pyridine rings is 1. The molecule has 0 saturated heterocycles. The highest BCUT2D eigenvalue weighted by Gasteiger charge is 2.37. The predicted molar refractivity (Wildman–Crippen MR) is 119 cm³/mol. The van der Waals surface area contributed by atoms with Crippen LogP contribution in [0.4, 0.5) is 23.7 Å². The quantitative estimate of drug-likeness (QED) is 0.569. The number of alkyl halides is 3. The average molecular weight is 484 g/mol. The minimum atomic E-state index is -4.59. The van der Waals surface area contributed by atoms with Crippen LogP contribution in [0.25, 0.3) is 0 Å². The van der Waals surface area contributed by atoms with Gasteiger partial charge >= 0.3 is 12.2 Å². The number of ether oxygens (including phenoxy) is 1. The van der Waals surface area contributed by atoms with E-state index in [9.17, 15) is 27.6 Å². The van der Waals surface area contributed by atoms with Crippen molar-refractivity contribution in [2.45, 2.75) is 19.1 Å². The molecule has 2 heterocycles. The second kappa shape index (κ2) is 9.45. The highest BCUT2D eigenvalue weighted by atomic mass is 19.4. The molecule has 2 aromatic carbocycles. The minimum absolute atomic E-state index is 0.0350. The van der Waals surface area contributed by atoms with Gasteiger partial charge in [0.15, 0.2) is 0 Å². The van der Waals surface area contributed by atoms with Gasteiger partial charge in [0, 0.05) is 25.9 Å². The van der Waals surface area contributed by atoms with Crippen LogP contribution in [0.1, 0.15) is 27.2 Å². The summed E-state index contributed by atoms with van der Waals surface area (Å²) in [4.78, 5) is 41.3. The van der Waals surface area contributed by atoms with Crippen LogP contribution < -0.4 is 20.3 Å². The standard InChI is InChI=1S/C24H19F3N4O4/c1-28-22(33)19-12-18(8-9-29-19)35-17-6-2-14(3-7-17)13-30-23(34)31-20-11-16(24(25,26)27)5-4-15(20)10-21(31)32/h2-9,11-12H,10,13H2,1H3,(H,28,33)(H,30,34). The Bertz CT molecular complexity index is 1290. The molecule has 4 rings (SSSR count). The van der Waals surface area contributed by atoms with Gasteiger partial charge < -0.3 is 15.4 Å². The first kappa shape index (κ1) is 23.7. The summed E-state index contributed by atoms with van der Waals surface area (Å²) in [5.41, 5.74) is 0.220. The van der Waals surface area contributed by atoms with Crippen LogP contribution in [-0.2, 0) is 23.9 Å². The molecule has 0 fully saturated rings. The number of fused-ring (bicyclic) bond motifs is 1. The molecule has 0 aliphatic carbocycles. The molecule has 180 valence electrons. The van der Waals surface area contributed by atoms with E-state index in [1.54, 1.807) is 30.3 Å². The number of hydrogen-bond donors (Lipinski definition) is 2. The second-order valence-corrected chi connectivity index (χ2v) is 7.61. The van der Waals surface area contributed by atoms with E-state index in [4.69, 9.17) is 4.74 Å². The number of anilines is 1. The number of nitrogens with zero attached hydrogens (tertiary/aromatic N) is 2. The van der Waals surface area contributed by atoms with Crippen molar-refractivity contribution in [3.8, 4) is 11.5 Å². The Morgan fingerprint density at radius 3 is 2.49 bits per heavy atom. The topological polar surface area (TPSA) is 101 Å². The van der Waals surface area contributed by atoms with E-state index in [0.717, 1.165) is 17.0 Å². The molecule has 3 aromatic rings. The van der Waals surface area contributed by atoms with E-state index < -0.39 is 23.7 Å². The van der Waals surface area contributed by atoms with Crippen LogP contribution in [0.5, 0.6) is 11.5 Å². The van der Waals surface area contributed by atoms with Gasteiger partial charge in [-0.2, -0.15) is 13.2 Å². The summed E-state index contributed by atoms with van der Waals surface area (Å²) in [5.74, 6) is -0.0779. The predicted octanol–water partition coefficient (Wildman–Crippen LogP) is 4.05. The van der Waals surface area contributed by atoms with E-state index >= 15 is 0 Å². The molecular weight excluding hydrogens is 465 g/mol. The first-order valence-corrected chi connectivity index (χ1v) is 10.4. The number of urea groups is 1. The third kappa shape index (κ3) is 5.24. The van der Waals surface area contributed by atoms with Gasteiger partial charge in [0.1, 0.15) is 17.2 Å². The lowest BCUT2D eigenvalue weighted by Crippen LogP contribution is -2.41. The van der Waals surface area contributed by atoms with Crippen molar-refractivity contribution in [3.05, 3.63) is 83.2 Å². The van der Waals surface area contributed by atoms with Crippen LogP contribution in [0.2, 0.25) is 0 Å². The smallest absolute Gasteiger partial charge is 0.416 e. The van der Waals surface area contributed by atoms with Crippen molar-refractivity contribution >= 4 is 23.5 Å². The number of nitrogens with one attached hydrogen (secondary N) is 2. The number of imide groups is 1. The van der Waals surface area contributed by atoms with E-state index in [-0.39, 0.29) is 30.3 Å². The number of carbonyl (C=O) groups is 3. The van der Waals surface area contributed by atoms with Gasteiger partial charge in [-0.05, 0) is 41.5 Å². The molecule has 0 spiro atoms. The van der Waals surface area contributed by atoms with E-state index in [0.29, 0.717) is 22.6 Å². The van der Waals surface area contributed by atoms with Gasteiger partial charge in [-0.3, -0.25) is 14.6 Å². The summed E-state index contributed by atoms with van der Waals surface area (Å²) < 4.78 is 44.9. The summed E-state index contributed by atoms with van der Waals surface area (Å²) in [6.45, 7) is 0.0350. The van der Waals surface area contributed by atoms with Gasteiger partial charge in [0.05, 0.1) is 17.7 Å². The highest BCUT2D eigenvalue weighted by Crippen LogP contribution is 2.36. The lowest BCUT2D eigenvalue weighted by Gasteiger charge is -2.18. The Morgan fingerprint density at radius 1 is 1.06 bits per heavy atom. The summed E-state index contributed by atoms with van der Waals surface area (Å²) in [7, 11) is 1.49. The zero-order valence-corrected chi connectivity index (χ0v) is 18.3. The van der Waals surface area contributed by atoms with Crippen molar-refractivity contribution in [2.24, 2.45) is 0 Å². The molecule has 0 saturated carbocycles. The van der Waals surface area contributed by atoms with Crippen LogP contribution in [-0.4, -0.2) is 29.9 Å². The van der Waals surface area contributed by atoms with Crippen LogP contribution in [0.15, 0.2) is 60.8 Å². The molecule has 2 N–H and O–H groups in total. The summed E-state index contributed by atoms with van der Waals surface area (Å²) in [6, 6.07) is 11.8. The zero-order chi connectivity index (χ0) is 25.2. The SMILES string of the molecule is CNC(=O)c1cc(Oc2ccc(CNC(=O)N3C(=O)Cc4ccc(C(F)(F)F)cc43)cc2)ccn1. The number of aromatic nitrogens is 1.